The molecular weight excluding hydrogens is 360 g/mol. The molecule has 0 aromatic heterocycles. The van der Waals surface area contributed by atoms with E-state index in [9.17, 15) is 23.2 Å². The van der Waals surface area contributed by atoms with Gasteiger partial charge in [-0.25, -0.2) is 13.6 Å². The summed E-state index contributed by atoms with van der Waals surface area (Å²) in [6.45, 7) is 5.58. The van der Waals surface area contributed by atoms with Gasteiger partial charge in [0.2, 0.25) is 11.8 Å². The molecule has 0 spiro atoms. The van der Waals surface area contributed by atoms with Crippen LogP contribution in [0.25, 0.3) is 0 Å². The average molecular weight is 383 g/mol. The Balaban J connectivity index is 1.81. The van der Waals surface area contributed by atoms with E-state index in [0.717, 1.165) is 12.1 Å². The van der Waals surface area contributed by atoms with E-state index in [1.165, 1.54) is 4.90 Å². The molecule has 1 aromatic carbocycles. The summed E-state index contributed by atoms with van der Waals surface area (Å²) in [4.78, 5) is 37.0. The van der Waals surface area contributed by atoms with E-state index in [2.05, 4.69) is 10.6 Å². The number of anilines is 1. The number of nitrogens with zero attached hydrogens (tertiary/aromatic N) is 1. The molecule has 3 amide bonds. The number of hydrogen-bond acceptors (Lipinski definition) is 4. The summed E-state index contributed by atoms with van der Waals surface area (Å²) in [7, 11) is 0. The lowest BCUT2D eigenvalue weighted by Gasteiger charge is -2.20. The molecule has 1 unspecified atom stereocenters. The van der Waals surface area contributed by atoms with Crippen LogP contribution < -0.4 is 15.5 Å². The Morgan fingerprint density at radius 2 is 1.74 bits per heavy atom. The molecule has 27 heavy (non-hydrogen) atoms. The number of benzene rings is 1. The summed E-state index contributed by atoms with van der Waals surface area (Å²) in [5.41, 5.74) is -0.531. The van der Waals surface area contributed by atoms with E-state index in [1.54, 1.807) is 20.8 Å². The Hall–Kier alpha value is -2.71. The van der Waals surface area contributed by atoms with Crippen molar-refractivity contribution in [3.8, 4) is 0 Å². The zero-order chi connectivity index (χ0) is 20.2. The van der Waals surface area contributed by atoms with Crippen LogP contribution in [0.4, 0.5) is 19.3 Å². The van der Waals surface area contributed by atoms with E-state index in [1.807, 2.05) is 0 Å². The molecule has 1 atom stereocenters. The van der Waals surface area contributed by atoms with Gasteiger partial charge in [-0.2, -0.15) is 0 Å². The van der Waals surface area contributed by atoms with Crippen molar-refractivity contribution in [2.45, 2.75) is 32.8 Å². The van der Waals surface area contributed by atoms with Crippen molar-refractivity contribution in [1.29, 1.82) is 0 Å². The van der Waals surface area contributed by atoms with E-state index in [0.29, 0.717) is 6.07 Å². The number of halogens is 2. The molecule has 1 aromatic rings. The van der Waals surface area contributed by atoms with Gasteiger partial charge in [0.25, 0.3) is 0 Å². The minimum absolute atomic E-state index is 0.0348. The van der Waals surface area contributed by atoms with Crippen LogP contribution in [0.1, 0.15) is 27.2 Å². The van der Waals surface area contributed by atoms with Gasteiger partial charge in [0, 0.05) is 37.8 Å². The van der Waals surface area contributed by atoms with E-state index < -0.39 is 29.2 Å². The highest BCUT2D eigenvalue weighted by Gasteiger charge is 2.35. The summed E-state index contributed by atoms with van der Waals surface area (Å²) in [6.07, 6.45) is -0.643. The highest BCUT2D eigenvalue weighted by molar-refractivity contribution is 6.00. The SMILES string of the molecule is CC(C)(C)OC(=O)NCCNC(=O)C1CC(=O)N(c2cc(F)cc(F)c2)C1. The van der Waals surface area contributed by atoms with Crippen LogP contribution in [0, 0.1) is 17.6 Å². The predicted octanol–water partition coefficient (Wildman–Crippen LogP) is 1.96. The molecule has 148 valence electrons. The minimum Gasteiger partial charge on any atom is -0.444 e. The first kappa shape index (κ1) is 20.6. The molecule has 1 fully saturated rings. The van der Waals surface area contributed by atoms with Crippen molar-refractivity contribution < 1.29 is 27.9 Å². The van der Waals surface area contributed by atoms with Crippen LogP contribution in [-0.2, 0) is 14.3 Å². The van der Waals surface area contributed by atoms with E-state index in [-0.39, 0.29) is 43.6 Å². The molecule has 1 saturated heterocycles. The fourth-order valence-corrected chi connectivity index (χ4v) is 2.64. The van der Waals surface area contributed by atoms with Gasteiger partial charge >= 0.3 is 6.09 Å². The zero-order valence-corrected chi connectivity index (χ0v) is 15.5. The Bertz CT molecular complexity index is 714. The molecule has 0 radical (unpaired) electrons. The first-order valence-electron chi connectivity index (χ1n) is 8.56. The number of amides is 3. The van der Waals surface area contributed by atoms with Gasteiger partial charge in [0.15, 0.2) is 0 Å². The minimum atomic E-state index is -0.793. The van der Waals surface area contributed by atoms with Crippen LogP contribution in [0.15, 0.2) is 18.2 Å². The van der Waals surface area contributed by atoms with Crippen molar-refractivity contribution in [3.63, 3.8) is 0 Å². The van der Waals surface area contributed by atoms with Crippen LogP contribution in [-0.4, -0.2) is 43.1 Å². The van der Waals surface area contributed by atoms with Crippen LogP contribution in [0.3, 0.4) is 0 Å². The maximum absolute atomic E-state index is 13.3. The summed E-state index contributed by atoms with van der Waals surface area (Å²) in [6, 6.07) is 2.81. The third-order valence-electron chi connectivity index (χ3n) is 3.75. The number of rotatable bonds is 5. The summed E-state index contributed by atoms with van der Waals surface area (Å²) in [5.74, 6) is -2.97. The average Bonchev–Trinajstić information content (AvgIpc) is 2.90. The summed E-state index contributed by atoms with van der Waals surface area (Å²) in [5, 5.41) is 5.13. The van der Waals surface area contributed by atoms with Gasteiger partial charge < -0.3 is 20.3 Å². The molecule has 2 rings (SSSR count). The van der Waals surface area contributed by atoms with E-state index >= 15 is 0 Å². The molecule has 2 N–H and O–H groups in total. The highest BCUT2D eigenvalue weighted by Crippen LogP contribution is 2.26. The van der Waals surface area contributed by atoms with Crippen molar-refractivity contribution >= 4 is 23.6 Å². The molecule has 7 nitrogen and oxygen atoms in total. The topological polar surface area (TPSA) is 87.7 Å². The summed E-state index contributed by atoms with van der Waals surface area (Å²) < 4.78 is 31.7. The smallest absolute Gasteiger partial charge is 0.407 e. The lowest BCUT2D eigenvalue weighted by atomic mass is 10.1. The molecule has 0 saturated carbocycles. The van der Waals surface area contributed by atoms with E-state index in [4.69, 9.17) is 4.74 Å². The maximum atomic E-state index is 13.3. The molecule has 1 aliphatic heterocycles. The molecular formula is C18H23F2N3O4. The van der Waals surface area contributed by atoms with Crippen LogP contribution in [0.5, 0.6) is 0 Å². The first-order valence-corrected chi connectivity index (χ1v) is 8.56. The quantitative estimate of drug-likeness (QED) is 0.761. The number of hydrogen-bond donors (Lipinski definition) is 2. The summed E-state index contributed by atoms with van der Waals surface area (Å²) >= 11 is 0. The Kier molecular flexibility index (Phi) is 6.35. The van der Waals surface area contributed by atoms with Gasteiger partial charge in [-0.15, -0.1) is 0 Å². The predicted molar refractivity (Wildman–Crippen MR) is 94.1 cm³/mol. The fourth-order valence-electron chi connectivity index (χ4n) is 2.64. The van der Waals surface area contributed by atoms with Crippen LogP contribution >= 0.6 is 0 Å². The van der Waals surface area contributed by atoms with Crippen molar-refractivity contribution in [1.82, 2.24) is 10.6 Å². The van der Waals surface area contributed by atoms with Gasteiger partial charge in [0.1, 0.15) is 17.2 Å². The second-order valence-electron chi connectivity index (χ2n) is 7.25. The van der Waals surface area contributed by atoms with Crippen molar-refractivity contribution in [3.05, 3.63) is 29.8 Å². The van der Waals surface area contributed by atoms with Gasteiger partial charge in [-0.1, -0.05) is 0 Å². The van der Waals surface area contributed by atoms with Crippen LogP contribution in [0.2, 0.25) is 0 Å². The normalized spacial score (nSPS) is 17.0. The fraction of sp³-hybridized carbons (Fsp3) is 0.500. The second kappa shape index (κ2) is 8.32. The first-order chi connectivity index (χ1) is 12.5. The number of alkyl carbamates (subject to hydrolysis) is 1. The molecule has 1 heterocycles. The molecule has 1 aliphatic rings. The third kappa shape index (κ3) is 6.19. The standard InChI is InChI=1S/C18H23F2N3O4/c1-18(2,3)27-17(26)22-5-4-21-16(25)11-6-15(24)23(10-11)14-8-12(19)7-13(20)9-14/h7-9,11H,4-6,10H2,1-3H3,(H,21,25)(H,22,26). The van der Waals surface area contributed by atoms with Gasteiger partial charge in [-0.05, 0) is 32.9 Å². The number of nitrogens with one attached hydrogen (secondary N) is 2. The van der Waals surface area contributed by atoms with Gasteiger partial charge in [-0.3, -0.25) is 9.59 Å². The number of carbonyl (C=O) groups is 3. The van der Waals surface area contributed by atoms with Gasteiger partial charge in [0.05, 0.1) is 5.92 Å². The Morgan fingerprint density at radius 1 is 1.15 bits per heavy atom. The molecule has 9 heteroatoms. The zero-order valence-electron chi connectivity index (χ0n) is 15.5. The number of ether oxygens (including phenoxy) is 1. The maximum Gasteiger partial charge on any atom is 0.407 e. The highest BCUT2D eigenvalue weighted by atomic mass is 19.1. The molecule has 0 aliphatic carbocycles. The number of carbonyl (C=O) groups excluding carboxylic acids is 3. The monoisotopic (exact) mass is 383 g/mol. The third-order valence-corrected chi connectivity index (χ3v) is 3.75. The largest absolute Gasteiger partial charge is 0.444 e. The Morgan fingerprint density at radius 3 is 2.33 bits per heavy atom. The van der Waals surface area contributed by atoms with Crippen molar-refractivity contribution in [2.75, 3.05) is 24.5 Å². The Labute approximate surface area is 156 Å². The van der Waals surface area contributed by atoms with Crippen molar-refractivity contribution in [2.24, 2.45) is 5.92 Å². The lowest BCUT2D eigenvalue weighted by molar-refractivity contribution is -0.126. The lowest BCUT2D eigenvalue weighted by Crippen LogP contribution is -2.40. The second-order valence-corrected chi connectivity index (χ2v) is 7.25. The molecule has 0 bridgehead atoms.